The fraction of sp³-hybridized carbons (Fsp3) is 0.154. The molecule has 3 N–H and O–H groups in total. The van der Waals surface area contributed by atoms with E-state index in [2.05, 4.69) is 10.4 Å². The number of nitrogens with two attached hydrogens (primary N) is 1. The van der Waals surface area contributed by atoms with Gasteiger partial charge in [0.25, 0.3) is 0 Å². The molecule has 0 spiro atoms. The van der Waals surface area contributed by atoms with Crippen molar-refractivity contribution in [3.05, 3.63) is 40.4 Å². The van der Waals surface area contributed by atoms with Gasteiger partial charge in [0.2, 0.25) is 5.88 Å². The number of nitrogens with one attached hydrogen (secondary N) is 1. The summed E-state index contributed by atoms with van der Waals surface area (Å²) in [5, 5.41) is 0.601. The molecule has 106 valence electrons. The van der Waals surface area contributed by atoms with Gasteiger partial charge in [0.05, 0.1) is 11.6 Å². The van der Waals surface area contributed by atoms with Gasteiger partial charge in [-0.3, -0.25) is 0 Å². The molecule has 7 heteroatoms. The summed E-state index contributed by atoms with van der Waals surface area (Å²) >= 11 is 11.9. The third-order valence-corrected chi connectivity index (χ3v) is 2.92. The Morgan fingerprint density at radius 2 is 1.95 bits per heavy atom. The summed E-state index contributed by atoms with van der Waals surface area (Å²) in [4.78, 5) is 4.10. The number of rotatable bonds is 5. The zero-order chi connectivity index (χ0) is 14.5. The Kier molecular flexibility index (Phi) is 4.89. The van der Waals surface area contributed by atoms with E-state index in [-0.39, 0.29) is 16.7 Å². The second-order valence-corrected chi connectivity index (χ2v) is 4.57. The molecule has 1 aromatic carbocycles. The van der Waals surface area contributed by atoms with E-state index in [1.165, 1.54) is 6.07 Å². The van der Waals surface area contributed by atoms with Gasteiger partial charge in [-0.25, -0.2) is 5.84 Å². The third-order valence-electron chi connectivity index (χ3n) is 2.37. The van der Waals surface area contributed by atoms with Crippen molar-refractivity contribution in [1.29, 1.82) is 0 Å². The highest BCUT2D eigenvalue weighted by molar-refractivity contribution is 6.36. The Labute approximate surface area is 126 Å². The van der Waals surface area contributed by atoms with E-state index in [1.54, 1.807) is 12.1 Å². The highest BCUT2D eigenvalue weighted by atomic mass is 35.5. The molecule has 0 radical (unpaired) electrons. The van der Waals surface area contributed by atoms with Crippen molar-refractivity contribution in [2.45, 2.75) is 6.92 Å². The molecule has 1 heterocycles. The summed E-state index contributed by atoms with van der Waals surface area (Å²) in [7, 11) is 0. The maximum Gasteiger partial charge on any atom is 0.240 e. The van der Waals surface area contributed by atoms with Crippen molar-refractivity contribution in [3.8, 4) is 17.4 Å². The van der Waals surface area contributed by atoms with E-state index in [4.69, 9.17) is 38.5 Å². The van der Waals surface area contributed by atoms with Crippen LogP contribution in [0.15, 0.2) is 30.3 Å². The smallest absolute Gasteiger partial charge is 0.240 e. The van der Waals surface area contributed by atoms with Gasteiger partial charge in [-0.1, -0.05) is 29.3 Å². The normalized spacial score (nSPS) is 10.2. The fourth-order valence-electron chi connectivity index (χ4n) is 1.53. The molecule has 0 bridgehead atoms. The minimum Gasteiger partial charge on any atom is -0.494 e. The first-order valence-electron chi connectivity index (χ1n) is 5.87. The van der Waals surface area contributed by atoms with E-state index < -0.39 is 0 Å². The lowest BCUT2D eigenvalue weighted by Gasteiger charge is -2.10. The molecule has 0 saturated carbocycles. The Balaban J connectivity index is 2.27. The van der Waals surface area contributed by atoms with Crippen LogP contribution in [0.5, 0.6) is 17.4 Å². The van der Waals surface area contributed by atoms with Crippen LogP contribution in [0.1, 0.15) is 6.92 Å². The topological polar surface area (TPSA) is 69.4 Å². The van der Waals surface area contributed by atoms with Crippen LogP contribution < -0.4 is 20.7 Å². The van der Waals surface area contributed by atoms with Crippen LogP contribution in [0.4, 0.5) is 5.82 Å². The number of ether oxygens (including phenoxy) is 2. The molecule has 1 aromatic heterocycles. The van der Waals surface area contributed by atoms with Crippen LogP contribution in [0, 0.1) is 0 Å². The van der Waals surface area contributed by atoms with Crippen molar-refractivity contribution in [3.63, 3.8) is 0 Å². The lowest BCUT2D eigenvalue weighted by molar-refractivity contribution is 0.338. The second-order valence-electron chi connectivity index (χ2n) is 3.76. The summed E-state index contributed by atoms with van der Waals surface area (Å²) < 4.78 is 11.0. The van der Waals surface area contributed by atoms with E-state index in [1.807, 2.05) is 19.1 Å². The van der Waals surface area contributed by atoms with Gasteiger partial charge in [0, 0.05) is 6.07 Å². The zero-order valence-corrected chi connectivity index (χ0v) is 12.2. The molecule has 20 heavy (non-hydrogen) atoms. The van der Waals surface area contributed by atoms with Gasteiger partial charge in [0.1, 0.15) is 16.5 Å². The summed E-state index contributed by atoms with van der Waals surface area (Å²) in [5.74, 6) is 7.05. The predicted octanol–water partition coefficient (Wildman–Crippen LogP) is 3.87. The molecular weight excluding hydrogens is 301 g/mol. The average molecular weight is 314 g/mol. The number of hydrogen-bond acceptors (Lipinski definition) is 5. The SMILES string of the molecule is CCOc1cccc(Oc2nc(NN)c(Cl)cc2Cl)c1. The molecule has 2 rings (SSSR count). The number of nitrogens with zero attached hydrogens (tertiary/aromatic N) is 1. The Hall–Kier alpha value is -1.69. The number of hydrogen-bond donors (Lipinski definition) is 2. The van der Waals surface area contributed by atoms with Gasteiger partial charge in [-0.05, 0) is 25.1 Å². The molecule has 0 unspecified atom stereocenters. The van der Waals surface area contributed by atoms with Gasteiger partial charge >= 0.3 is 0 Å². The molecule has 0 fully saturated rings. The summed E-state index contributed by atoms with van der Waals surface area (Å²) in [6, 6.07) is 8.66. The van der Waals surface area contributed by atoms with Crippen molar-refractivity contribution < 1.29 is 9.47 Å². The average Bonchev–Trinajstić information content (AvgIpc) is 2.43. The summed E-state index contributed by atoms with van der Waals surface area (Å²) in [6.45, 7) is 2.48. The van der Waals surface area contributed by atoms with Crippen molar-refractivity contribution in [1.82, 2.24) is 4.98 Å². The minimum atomic E-state index is 0.206. The summed E-state index contributed by atoms with van der Waals surface area (Å²) in [5.41, 5.74) is 2.37. The van der Waals surface area contributed by atoms with Crippen LogP contribution in [0.2, 0.25) is 10.0 Å². The number of halogens is 2. The highest BCUT2D eigenvalue weighted by Crippen LogP contribution is 2.33. The molecule has 0 saturated heterocycles. The number of anilines is 1. The van der Waals surface area contributed by atoms with Gasteiger partial charge in [-0.2, -0.15) is 4.98 Å². The van der Waals surface area contributed by atoms with Gasteiger partial charge in [0.15, 0.2) is 5.82 Å². The van der Waals surface area contributed by atoms with Gasteiger partial charge in [-0.15, -0.1) is 0 Å². The van der Waals surface area contributed by atoms with Crippen LogP contribution in [-0.4, -0.2) is 11.6 Å². The molecule has 0 amide bonds. The Bertz CT molecular complexity index is 608. The molecule has 0 aliphatic rings. The molecule has 2 aromatic rings. The zero-order valence-electron chi connectivity index (χ0n) is 10.7. The number of benzene rings is 1. The first-order chi connectivity index (χ1) is 9.63. The van der Waals surface area contributed by atoms with Crippen LogP contribution >= 0.6 is 23.2 Å². The van der Waals surface area contributed by atoms with E-state index >= 15 is 0 Å². The van der Waals surface area contributed by atoms with Crippen LogP contribution in [-0.2, 0) is 0 Å². The Morgan fingerprint density at radius 1 is 1.20 bits per heavy atom. The lowest BCUT2D eigenvalue weighted by Crippen LogP contribution is -2.09. The molecule has 0 aliphatic heterocycles. The molecule has 5 nitrogen and oxygen atoms in total. The first kappa shape index (κ1) is 14.7. The second kappa shape index (κ2) is 6.65. The molecular formula is C13H13Cl2N3O2. The minimum absolute atomic E-state index is 0.206. The third kappa shape index (κ3) is 3.45. The van der Waals surface area contributed by atoms with E-state index in [0.717, 1.165) is 0 Å². The highest BCUT2D eigenvalue weighted by Gasteiger charge is 2.11. The first-order valence-corrected chi connectivity index (χ1v) is 6.63. The van der Waals surface area contributed by atoms with Crippen molar-refractivity contribution >= 4 is 29.0 Å². The number of pyridine rings is 1. The van der Waals surface area contributed by atoms with E-state index in [0.29, 0.717) is 23.1 Å². The number of aromatic nitrogens is 1. The maximum atomic E-state index is 6.04. The Morgan fingerprint density at radius 3 is 2.65 bits per heavy atom. The van der Waals surface area contributed by atoms with Gasteiger partial charge < -0.3 is 14.9 Å². The quantitative estimate of drug-likeness (QED) is 0.648. The fourth-order valence-corrected chi connectivity index (χ4v) is 1.98. The van der Waals surface area contributed by atoms with Crippen LogP contribution in [0.3, 0.4) is 0 Å². The van der Waals surface area contributed by atoms with Crippen LogP contribution in [0.25, 0.3) is 0 Å². The monoisotopic (exact) mass is 313 g/mol. The van der Waals surface area contributed by atoms with Crippen molar-refractivity contribution in [2.24, 2.45) is 5.84 Å². The van der Waals surface area contributed by atoms with E-state index in [9.17, 15) is 0 Å². The molecule has 0 aliphatic carbocycles. The molecule has 0 atom stereocenters. The predicted molar refractivity (Wildman–Crippen MR) is 79.8 cm³/mol. The van der Waals surface area contributed by atoms with Crippen molar-refractivity contribution in [2.75, 3.05) is 12.0 Å². The number of nitrogen functional groups attached to an aromatic ring is 1. The standard InChI is InChI=1S/C13H13Cl2N3O2/c1-2-19-8-4-3-5-9(6-8)20-13-11(15)7-10(14)12(17-13)18-16/h3-7H,2,16H2,1H3,(H,17,18). The number of hydrazine groups is 1. The summed E-state index contributed by atoms with van der Waals surface area (Å²) in [6.07, 6.45) is 0. The largest absolute Gasteiger partial charge is 0.494 e. The lowest BCUT2D eigenvalue weighted by atomic mass is 10.3. The maximum absolute atomic E-state index is 6.04.